The lowest BCUT2D eigenvalue weighted by Gasteiger charge is -2.11. The molecular formula is C12H18N4OS. The first kappa shape index (κ1) is 14.4. The molecule has 0 aromatic carbocycles. The Morgan fingerprint density at radius 1 is 1.50 bits per heavy atom. The van der Waals surface area contributed by atoms with Gasteiger partial charge in [0.05, 0.1) is 0 Å². The Kier molecular flexibility index (Phi) is 5.03. The lowest BCUT2D eigenvalue weighted by Crippen LogP contribution is -2.24. The molecule has 1 aromatic rings. The van der Waals surface area contributed by atoms with Crippen LogP contribution >= 0.6 is 12.2 Å². The predicted molar refractivity (Wildman–Crippen MR) is 76.7 cm³/mol. The minimum atomic E-state index is 0.0738. The Balaban J connectivity index is 2.62. The number of pyridine rings is 1. The Morgan fingerprint density at radius 3 is 2.72 bits per heavy atom. The van der Waals surface area contributed by atoms with Gasteiger partial charge in [0.15, 0.2) is 0 Å². The van der Waals surface area contributed by atoms with Crippen molar-refractivity contribution in [2.24, 2.45) is 5.73 Å². The van der Waals surface area contributed by atoms with Gasteiger partial charge >= 0.3 is 0 Å². The lowest BCUT2D eigenvalue weighted by molar-refractivity contribution is -0.128. The maximum absolute atomic E-state index is 11.4. The zero-order valence-electron chi connectivity index (χ0n) is 10.9. The summed E-state index contributed by atoms with van der Waals surface area (Å²) >= 11 is 4.93. The highest BCUT2D eigenvalue weighted by molar-refractivity contribution is 7.80. The van der Waals surface area contributed by atoms with Crippen LogP contribution < -0.4 is 11.1 Å². The van der Waals surface area contributed by atoms with Crippen molar-refractivity contribution in [1.29, 1.82) is 0 Å². The number of nitrogens with one attached hydrogen (secondary N) is 1. The standard InChI is InChI=1S/C12H18N4OS/c1-8-6-9(12(13)18)7-10(15-8)14-5-4-11(17)16(2)3/h6-7H,4-5H2,1-3H3,(H2,13,18)(H,14,15). The van der Waals surface area contributed by atoms with Crippen LogP contribution in [-0.2, 0) is 4.79 Å². The highest BCUT2D eigenvalue weighted by Gasteiger charge is 2.05. The van der Waals surface area contributed by atoms with E-state index in [0.29, 0.717) is 23.8 Å². The molecule has 1 rings (SSSR count). The average Bonchev–Trinajstić information content (AvgIpc) is 2.27. The van der Waals surface area contributed by atoms with Crippen molar-refractivity contribution >= 4 is 28.9 Å². The van der Waals surface area contributed by atoms with E-state index in [0.717, 1.165) is 11.3 Å². The average molecular weight is 266 g/mol. The largest absolute Gasteiger partial charge is 0.389 e. The van der Waals surface area contributed by atoms with Crippen LogP contribution in [0.15, 0.2) is 12.1 Å². The number of nitrogens with two attached hydrogens (primary N) is 1. The maximum atomic E-state index is 11.4. The number of thiocarbonyl (C=S) groups is 1. The van der Waals surface area contributed by atoms with Gasteiger partial charge in [-0.15, -0.1) is 0 Å². The number of rotatable bonds is 5. The van der Waals surface area contributed by atoms with Crippen molar-refractivity contribution in [2.45, 2.75) is 13.3 Å². The smallest absolute Gasteiger partial charge is 0.223 e. The molecule has 3 N–H and O–H groups in total. The third kappa shape index (κ3) is 4.29. The summed E-state index contributed by atoms with van der Waals surface area (Å²) in [6.45, 7) is 2.40. The number of nitrogens with zero attached hydrogens (tertiary/aromatic N) is 2. The summed E-state index contributed by atoms with van der Waals surface area (Å²) in [6.07, 6.45) is 0.422. The van der Waals surface area contributed by atoms with Gasteiger partial charge in [-0.2, -0.15) is 0 Å². The molecule has 5 nitrogen and oxygen atoms in total. The van der Waals surface area contributed by atoms with E-state index in [4.69, 9.17) is 18.0 Å². The summed E-state index contributed by atoms with van der Waals surface area (Å²) < 4.78 is 0. The minimum absolute atomic E-state index is 0.0738. The highest BCUT2D eigenvalue weighted by atomic mass is 32.1. The highest BCUT2D eigenvalue weighted by Crippen LogP contribution is 2.10. The number of hydrogen-bond donors (Lipinski definition) is 2. The van der Waals surface area contributed by atoms with Crippen molar-refractivity contribution in [1.82, 2.24) is 9.88 Å². The number of carbonyl (C=O) groups excluding carboxylic acids is 1. The van der Waals surface area contributed by atoms with Crippen molar-refractivity contribution in [3.8, 4) is 0 Å². The topological polar surface area (TPSA) is 71.2 Å². The molecule has 0 aliphatic heterocycles. The summed E-state index contributed by atoms with van der Waals surface area (Å²) in [4.78, 5) is 17.6. The molecule has 0 bridgehead atoms. The molecule has 98 valence electrons. The Hall–Kier alpha value is -1.69. The first-order valence-corrected chi connectivity index (χ1v) is 6.03. The Bertz CT molecular complexity index is 459. The zero-order chi connectivity index (χ0) is 13.7. The summed E-state index contributed by atoms with van der Waals surface area (Å²) in [5, 5.41) is 3.09. The van der Waals surface area contributed by atoms with E-state index in [1.807, 2.05) is 13.0 Å². The van der Waals surface area contributed by atoms with Gasteiger partial charge in [-0.05, 0) is 19.1 Å². The molecule has 0 spiro atoms. The lowest BCUT2D eigenvalue weighted by atomic mass is 10.2. The van der Waals surface area contributed by atoms with Crippen LogP contribution in [-0.4, -0.2) is 41.4 Å². The minimum Gasteiger partial charge on any atom is -0.389 e. The molecule has 1 amide bonds. The van der Waals surface area contributed by atoms with Gasteiger partial charge in [0, 0.05) is 38.3 Å². The molecule has 1 aromatic heterocycles. The van der Waals surface area contributed by atoms with Crippen molar-refractivity contribution in [3.63, 3.8) is 0 Å². The van der Waals surface area contributed by atoms with Gasteiger partial charge in [0.1, 0.15) is 10.8 Å². The van der Waals surface area contributed by atoms with E-state index in [-0.39, 0.29) is 5.91 Å². The fraction of sp³-hybridized carbons (Fsp3) is 0.417. The second-order valence-corrected chi connectivity index (χ2v) is 4.65. The molecular weight excluding hydrogens is 248 g/mol. The number of aryl methyl sites for hydroxylation is 1. The fourth-order valence-corrected chi connectivity index (χ4v) is 1.54. The third-order valence-corrected chi connectivity index (χ3v) is 2.62. The van der Waals surface area contributed by atoms with E-state index in [2.05, 4.69) is 10.3 Å². The molecule has 18 heavy (non-hydrogen) atoms. The van der Waals surface area contributed by atoms with Crippen molar-refractivity contribution in [2.75, 3.05) is 26.0 Å². The van der Waals surface area contributed by atoms with Crippen molar-refractivity contribution in [3.05, 3.63) is 23.4 Å². The molecule has 0 saturated heterocycles. The van der Waals surface area contributed by atoms with E-state index >= 15 is 0 Å². The SMILES string of the molecule is Cc1cc(C(N)=S)cc(NCCC(=O)N(C)C)n1. The fourth-order valence-electron chi connectivity index (χ4n) is 1.42. The molecule has 1 heterocycles. The van der Waals surface area contributed by atoms with Gasteiger partial charge in [-0.1, -0.05) is 12.2 Å². The molecule has 6 heteroatoms. The predicted octanol–water partition coefficient (Wildman–Crippen LogP) is 0.914. The first-order valence-electron chi connectivity index (χ1n) is 5.62. The number of carbonyl (C=O) groups is 1. The number of aromatic nitrogens is 1. The second-order valence-electron chi connectivity index (χ2n) is 4.21. The zero-order valence-corrected chi connectivity index (χ0v) is 11.7. The normalized spacial score (nSPS) is 9.94. The number of anilines is 1. The van der Waals surface area contributed by atoms with Gasteiger partial charge in [0.25, 0.3) is 0 Å². The van der Waals surface area contributed by atoms with Crippen LogP contribution in [0.25, 0.3) is 0 Å². The van der Waals surface area contributed by atoms with Crippen LogP contribution in [0.1, 0.15) is 17.7 Å². The van der Waals surface area contributed by atoms with Crippen LogP contribution in [0.2, 0.25) is 0 Å². The molecule has 0 aliphatic carbocycles. The summed E-state index contributed by atoms with van der Waals surface area (Å²) in [5.74, 6) is 0.758. The maximum Gasteiger partial charge on any atom is 0.223 e. The van der Waals surface area contributed by atoms with Crippen LogP contribution in [0.3, 0.4) is 0 Å². The Morgan fingerprint density at radius 2 is 2.17 bits per heavy atom. The van der Waals surface area contributed by atoms with E-state index in [9.17, 15) is 4.79 Å². The monoisotopic (exact) mass is 266 g/mol. The quantitative estimate of drug-likeness (QED) is 0.775. The van der Waals surface area contributed by atoms with E-state index in [1.54, 1.807) is 25.1 Å². The summed E-state index contributed by atoms with van der Waals surface area (Å²) in [7, 11) is 3.47. The van der Waals surface area contributed by atoms with Gasteiger partial charge in [-0.25, -0.2) is 4.98 Å². The van der Waals surface area contributed by atoms with Crippen molar-refractivity contribution < 1.29 is 4.79 Å². The van der Waals surface area contributed by atoms with Crippen LogP contribution in [0, 0.1) is 6.92 Å². The summed E-state index contributed by atoms with van der Waals surface area (Å²) in [6, 6.07) is 3.62. The van der Waals surface area contributed by atoms with Crippen LogP contribution in [0.5, 0.6) is 0 Å². The van der Waals surface area contributed by atoms with Gasteiger partial charge < -0.3 is 16.0 Å². The molecule has 0 unspecified atom stereocenters. The van der Waals surface area contributed by atoms with Gasteiger partial charge in [-0.3, -0.25) is 4.79 Å². The number of hydrogen-bond acceptors (Lipinski definition) is 4. The number of amides is 1. The summed E-state index contributed by atoms with van der Waals surface area (Å²) in [5.41, 5.74) is 7.19. The van der Waals surface area contributed by atoms with E-state index < -0.39 is 0 Å². The van der Waals surface area contributed by atoms with Gasteiger partial charge in [0.2, 0.25) is 5.91 Å². The van der Waals surface area contributed by atoms with Crippen LogP contribution in [0.4, 0.5) is 5.82 Å². The molecule has 0 fully saturated rings. The second kappa shape index (κ2) is 6.30. The molecule has 0 saturated carbocycles. The molecule has 0 radical (unpaired) electrons. The first-order chi connectivity index (χ1) is 8.40. The third-order valence-electron chi connectivity index (χ3n) is 2.38. The van der Waals surface area contributed by atoms with E-state index in [1.165, 1.54) is 0 Å². The Labute approximate surface area is 112 Å². The molecule has 0 atom stereocenters. The molecule has 0 aliphatic rings.